The first-order chi connectivity index (χ1) is 67.3. The summed E-state index contributed by atoms with van der Waals surface area (Å²) in [5, 5.41) is 58.7. The van der Waals surface area contributed by atoms with Crippen LogP contribution in [0.15, 0.2) is 303 Å². The maximum absolute atomic E-state index is 8.56. The minimum absolute atomic E-state index is 0. The van der Waals surface area contributed by atoms with E-state index >= 15 is 0 Å². The number of para-hydroxylation sites is 3. The zero-order chi connectivity index (χ0) is 99.7. The Labute approximate surface area is 896 Å². The minimum atomic E-state index is -0.375. The van der Waals surface area contributed by atoms with Crippen molar-refractivity contribution in [3.05, 3.63) is 371 Å². The van der Waals surface area contributed by atoms with Crippen molar-refractivity contribution in [3.8, 4) is 44.9 Å². The fraction of sp³-hybridized carbons (Fsp3) is 0.376. The second-order valence-electron chi connectivity index (χ2n) is 40.9. The largest absolute Gasteiger partial charge is 3.00 e. The molecular formula is C125H150Ir3N9O6. The number of allylic oxidation sites excluding steroid dienone is 3. The molecule has 18 heteroatoms. The quantitative estimate of drug-likeness (QED) is 0.0503. The summed E-state index contributed by atoms with van der Waals surface area (Å²) in [5.41, 5.74) is 20.5. The number of benzene rings is 10. The van der Waals surface area contributed by atoms with Crippen molar-refractivity contribution in [1.29, 1.82) is 0 Å². The molecule has 3 aromatic heterocycles. The molecule has 0 amide bonds. The smallest absolute Gasteiger partial charge is 0.508 e. The van der Waals surface area contributed by atoms with Crippen LogP contribution in [0.4, 0.5) is 17.1 Å². The molecule has 7 aliphatic rings. The van der Waals surface area contributed by atoms with Crippen molar-refractivity contribution < 1.29 is 91.0 Å². The van der Waals surface area contributed by atoms with Crippen molar-refractivity contribution in [3.63, 3.8) is 0 Å². The summed E-state index contributed by atoms with van der Waals surface area (Å²) in [6.45, 7) is 30.4. The number of aliphatic hydroxyl groups is 6. The fourth-order valence-corrected chi connectivity index (χ4v) is 21.0. The molecule has 6 unspecified atom stereocenters. The van der Waals surface area contributed by atoms with E-state index in [0.717, 1.165) is 62.7 Å². The molecule has 6 heterocycles. The van der Waals surface area contributed by atoms with Gasteiger partial charge in [0.15, 0.2) is 0 Å². The van der Waals surface area contributed by atoms with E-state index in [-0.39, 0.29) is 96.9 Å². The Morgan fingerprint density at radius 1 is 0.336 bits per heavy atom. The third kappa shape index (κ3) is 36.1. The van der Waals surface area contributed by atoms with E-state index in [0.29, 0.717) is 41.4 Å². The Morgan fingerprint density at radius 2 is 0.671 bits per heavy atom. The zero-order valence-electron chi connectivity index (χ0n) is 86.4. The minimum Gasteiger partial charge on any atom is -0.508 e. The van der Waals surface area contributed by atoms with Crippen LogP contribution in [0, 0.1) is 78.6 Å². The third-order valence-electron chi connectivity index (χ3n) is 26.9. The van der Waals surface area contributed by atoms with Gasteiger partial charge in [0.25, 0.3) is 0 Å². The van der Waals surface area contributed by atoms with E-state index in [9.17, 15) is 0 Å². The van der Waals surface area contributed by atoms with Crippen LogP contribution >= 0.6 is 0 Å². The van der Waals surface area contributed by atoms with Crippen LogP contribution in [0.2, 0.25) is 0 Å². The predicted molar refractivity (Wildman–Crippen MR) is 580 cm³/mol. The summed E-state index contributed by atoms with van der Waals surface area (Å²) in [4.78, 5) is 26.6. The van der Waals surface area contributed by atoms with Gasteiger partial charge >= 0.3 is 60.3 Å². The van der Waals surface area contributed by atoms with E-state index in [1.807, 2.05) is 179 Å². The first-order valence-corrected chi connectivity index (χ1v) is 50.6. The monoisotopic (exact) mass is 2450 g/mol. The van der Waals surface area contributed by atoms with Crippen molar-refractivity contribution in [1.82, 2.24) is 29.7 Å². The molecule has 4 saturated carbocycles. The Hall–Kier alpha value is -9.84. The molecule has 4 fully saturated rings. The summed E-state index contributed by atoms with van der Waals surface area (Å²) in [7, 11) is 6.23. The maximum atomic E-state index is 8.56. The SMILES string of the molecule is CC(O)CC(C)O.CC(O)CC(C)O.CC(O)CC(C)O.CC1(C)CC(C)(C)CC2(CCC(c3ccc4ccnc(-c5[c-]cccc5)c4c3)CC2)C1.CC1=CN(c2[c-]cccc2)[CH-]N1C.CC1=CN(c2[c-]cccc2)[CH-]N1C.CN1[CH-]N(c2[c-]cccc2)C=C1C1CCCCC1.[Ir+3].[Ir+3].[Ir+3].[c-]1ccccc1-c1nccc2ccc(-c3ccc(C4CCCCC4)cc3)cc12.[c-]1ccccc1-c1nccc2ccccc12. The molecule has 1 spiro atoms. The molecule has 143 heavy (non-hydrogen) atoms. The molecule has 10 aromatic carbocycles. The van der Waals surface area contributed by atoms with Crippen LogP contribution in [0.25, 0.3) is 77.2 Å². The predicted octanol–water partition coefficient (Wildman–Crippen LogP) is 28.3. The number of hydrogen-bond acceptors (Lipinski definition) is 15. The van der Waals surface area contributed by atoms with Crippen LogP contribution in [0.1, 0.15) is 234 Å². The molecule has 6 atom stereocenters. The molecule has 0 radical (unpaired) electrons. The number of fused-ring (bicyclic) bond motifs is 3. The summed E-state index contributed by atoms with van der Waals surface area (Å²) in [6, 6.07) is 105. The standard InChI is InChI=1S/C30H36N.C27H24N.C16H20N2.C15H10N.2C11H12N2.3C5H12O2.3Ir/c1-28(2)19-29(3,4)21-30(20-28)15-12-22(13-16-30)25-11-10-23-14-17-31-27(26(23)18-25)24-8-6-5-7-9-24;1-3-7-20(8-4-1)21-11-13-22(14-12-21)25-16-15-23-17-18-28-27(26(23)19-25)24-9-5-2-6-10-24;1-17-13-18(15-10-6-3-7-11-15)12-16(17)14-8-4-2-5-9-14;1-2-7-13(8-3-1)15-14-9-5-4-6-12(14)10-11-16-15;2*1-10-8-13(9-12(10)2)11-6-4-3-5-7-11;3*1-4(6)3-5(2)7;;;/h5-8,10-11,14,17-18,22H,12-13,15-16,19-21H2,1-4H3;2,5-6,9,11-20H,1,3-4,7-8H2;3,6-7,10,12-14H,2,4-5,8-9H2,1H3;1-7,9-11H;2*3-6,8-9H,1-2H3;3*4-7H,3H2,1-2H3;;;/q2*-1;-2;-1;2*-2;;;;3*+3. The van der Waals surface area contributed by atoms with E-state index in [1.165, 1.54) is 181 Å². The number of rotatable bonds is 16. The van der Waals surface area contributed by atoms with Gasteiger partial charge in [0, 0.05) is 24.3 Å². The molecule has 6 N–H and O–H groups in total. The average molecular weight is 2450 g/mol. The van der Waals surface area contributed by atoms with Crippen LogP contribution < -0.4 is 14.7 Å². The molecule has 758 valence electrons. The molecule has 0 saturated heterocycles. The fourth-order valence-electron chi connectivity index (χ4n) is 21.0. The number of anilines is 3. The Balaban J connectivity index is 0.000000187. The van der Waals surface area contributed by atoms with Gasteiger partial charge in [-0.2, -0.15) is 111 Å². The number of aliphatic hydroxyl groups excluding tert-OH is 6. The van der Waals surface area contributed by atoms with Gasteiger partial charge in [-0.05, 0) is 320 Å². The number of pyridine rings is 3. The van der Waals surface area contributed by atoms with Gasteiger partial charge in [0.05, 0.1) is 36.6 Å². The van der Waals surface area contributed by atoms with E-state index < -0.39 is 0 Å². The van der Waals surface area contributed by atoms with Crippen molar-refractivity contribution in [2.24, 2.45) is 22.2 Å². The molecular weight excluding hydrogens is 2300 g/mol. The summed E-state index contributed by atoms with van der Waals surface area (Å²) < 4.78 is 0. The van der Waals surface area contributed by atoms with Crippen LogP contribution in [-0.4, -0.2) is 118 Å². The molecule has 3 aliphatic heterocycles. The topological polar surface area (TPSA) is 179 Å². The average Bonchev–Trinajstić information content (AvgIpc) is 1.35. The van der Waals surface area contributed by atoms with Crippen LogP contribution in [0.5, 0.6) is 0 Å². The van der Waals surface area contributed by atoms with Gasteiger partial charge in [-0.1, -0.05) is 151 Å². The van der Waals surface area contributed by atoms with Crippen LogP contribution in [-0.2, 0) is 60.3 Å². The van der Waals surface area contributed by atoms with Gasteiger partial charge < -0.3 is 75.0 Å². The third-order valence-corrected chi connectivity index (χ3v) is 26.9. The number of nitrogens with zero attached hydrogens (tertiary/aromatic N) is 9. The molecule has 20 rings (SSSR count). The summed E-state index contributed by atoms with van der Waals surface area (Å²) >= 11 is 0. The van der Waals surface area contributed by atoms with Gasteiger partial charge in [0.1, 0.15) is 0 Å². The van der Waals surface area contributed by atoms with E-state index in [2.05, 4.69) is 265 Å². The number of hydrogen-bond donors (Lipinski definition) is 6. The number of aromatic nitrogens is 3. The van der Waals surface area contributed by atoms with Gasteiger partial charge in [0.2, 0.25) is 0 Å². The molecule has 0 bridgehead atoms. The zero-order valence-corrected chi connectivity index (χ0v) is 93.6. The van der Waals surface area contributed by atoms with Crippen molar-refractivity contribution in [2.75, 3.05) is 35.8 Å². The van der Waals surface area contributed by atoms with E-state index in [1.54, 1.807) is 41.5 Å². The van der Waals surface area contributed by atoms with Gasteiger partial charge in [-0.3, -0.25) is 0 Å². The summed E-state index contributed by atoms with van der Waals surface area (Å²) in [6.07, 6.45) is 34.6. The van der Waals surface area contributed by atoms with E-state index in [4.69, 9.17) is 35.6 Å². The molecule has 13 aromatic rings. The molecule has 4 aliphatic carbocycles. The van der Waals surface area contributed by atoms with Crippen molar-refractivity contribution in [2.45, 2.75) is 260 Å². The van der Waals surface area contributed by atoms with Crippen LogP contribution in [0.3, 0.4) is 0 Å². The molecule has 15 nitrogen and oxygen atoms in total. The second-order valence-corrected chi connectivity index (χ2v) is 40.9. The Morgan fingerprint density at radius 3 is 1.05 bits per heavy atom. The summed E-state index contributed by atoms with van der Waals surface area (Å²) in [5.74, 6) is 2.17. The van der Waals surface area contributed by atoms with Gasteiger partial charge in [-0.25, -0.2) is 0 Å². The Kier molecular flexibility index (Phi) is 47.3. The second kappa shape index (κ2) is 57.9. The van der Waals surface area contributed by atoms with Crippen molar-refractivity contribution >= 4 is 49.4 Å². The first kappa shape index (κ1) is 117. The first-order valence-electron chi connectivity index (χ1n) is 50.6. The normalized spacial score (nSPS) is 17.4. The Bertz CT molecular complexity index is 5830. The van der Waals surface area contributed by atoms with Gasteiger partial charge in [-0.15, -0.1) is 125 Å². The maximum Gasteiger partial charge on any atom is 3.00 e.